The molecule has 0 amide bonds. The molecule has 26 heavy (non-hydrogen) atoms. The van der Waals surface area contributed by atoms with Gasteiger partial charge in [-0.15, -0.1) is 5.10 Å². The van der Waals surface area contributed by atoms with Gasteiger partial charge >= 0.3 is 6.18 Å². The number of nitriles is 1. The summed E-state index contributed by atoms with van der Waals surface area (Å²) in [6, 6.07) is 10.4. The summed E-state index contributed by atoms with van der Waals surface area (Å²) in [4.78, 5) is 4.21. The molecule has 6 nitrogen and oxygen atoms in total. The first-order valence-corrected chi connectivity index (χ1v) is 7.48. The van der Waals surface area contributed by atoms with Gasteiger partial charge in [-0.2, -0.15) is 18.4 Å². The number of rotatable bonds is 1. The summed E-state index contributed by atoms with van der Waals surface area (Å²) in [5.41, 5.74) is 5.39. The van der Waals surface area contributed by atoms with Crippen molar-refractivity contribution in [3.63, 3.8) is 0 Å². The fourth-order valence-corrected chi connectivity index (χ4v) is 3.14. The normalized spacial score (nSPS) is 16.9. The van der Waals surface area contributed by atoms with Gasteiger partial charge in [0.2, 0.25) is 11.8 Å². The highest BCUT2D eigenvalue weighted by atomic mass is 19.4. The zero-order chi connectivity index (χ0) is 18.5. The largest absolute Gasteiger partial charge is 0.433 e. The lowest BCUT2D eigenvalue weighted by Gasteiger charge is -2.25. The Balaban J connectivity index is 2.06. The SMILES string of the molecule is N#CC1=C(N)Oc2n[nH]c(C(F)(F)F)c2[C@H]1c1ccnc2ccccc12. The number of alkyl halides is 3. The van der Waals surface area contributed by atoms with Crippen LogP contribution in [0.15, 0.2) is 48.0 Å². The van der Waals surface area contributed by atoms with Gasteiger partial charge in [-0.1, -0.05) is 18.2 Å². The number of aromatic amines is 1. The molecule has 0 unspecified atom stereocenters. The number of para-hydroxylation sites is 1. The Morgan fingerprint density at radius 1 is 1.23 bits per heavy atom. The van der Waals surface area contributed by atoms with Crippen molar-refractivity contribution in [2.24, 2.45) is 5.73 Å². The maximum absolute atomic E-state index is 13.5. The van der Waals surface area contributed by atoms with Gasteiger partial charge < -0.3 is 10.5 Å². The van der Waals surface area contributed by atoms with Crippen molar-refractivity contribution < 1.29 is 17.9 Å². The minimum atomic E-state index is -4.70. The van der Waals surface area contributed by atoms with E-state index in [0.717, 1.165) is 0 Å². The van der Waals surface area contributed by atoms with E-state index in [1.165, 1.54) is 6.20 Å². The minimum Gasteiger partial charge on any atom is -0.420 e. The van der Waals surface area contributed by atoms with Crippen molar-refractivity contribution in [2.45, 2.75) is 12.1 Å². The van der Waals surface area contributed by atoms with Crippen molar-refractivity contribution in [1.29, 1.82) is 5.26 Å². The summed E-state index contributed by atoms with van der Waals surface area (Å²) in [5, 5.41) is 15.7. The number of allylic oxidation sites excluding steroid dienone is 1. The van der Waals surface area contributed by atoms with E-state index in [-0.39, 0.29) is 22.9 Å². The van der Waals surface area contributed by atoms with Crippen molar-refractivity contribution in [3.8, 4) is 11.9 Å². The Bertz CT molecular complexity index is 1090. The van der Waals surface area contributed by atoms with Gasteiger partial charge in [0.25, 0.3) is 0 Å². The number of halogens is 3. The molecule has 3 N–H and O–H groups in total. The monoisotopic (exact) mass is 357 g/mol. The number of aromatic nitrogens is 3. The Morgan fingerprint density at radius 3 is 2.73 bits per heavy atom. The first-order chi connectivity index (χ1) is 12.4. The molecule has 2 aromatic heterocycles. The van der Waals surface area contributed by atoms with Gasteiger partial charge in [-0.05, 0) is 17.7 Å². The smallest absolute Gasteiger partial charge is 0.420 e. The van der Waals surface area contributed by atoms with E-state index in [2.05, 4.69) is 10.1 Å². The molecule has 0 spiro atoms. The topological polar surface area (TPSA) is 101 Å². The van der Waals surface area contributed by atoms with Crippen LogP contribution >= 0.6 is 0 Å². The third-order valence-electron chi connectivity index (χ3n) is 4.22. The number of benzene rings is 1. The molecule has 3 aromatic rings. The number of hydrogen-bond acceptors (Lipinski definition) is 5. The average Bonchev–Trinajstić information content (AvgIpc) is 3.03. The first kappa shape index (κ1) is 16.0. The quantitative estimate of drug-likeness (QED) is 0.697. The second kappa shape index (κ2) is 5.49. The minimum absolute atomic E-state index is 0.110. The van der Waals surface area contributed by atoms with Crippen LogP contribution in [-0.2, 0) is 6.18 Å². The fraction of sp³-hybridized carbons (Fsp3) is 0.118. The standard InChI is InChI=1S/C17H10F3N5O/c18-17(19,20)14-13-12(10(7-21)15(22)26-16(13)25-24-14)9-5-6-23-11-4-2-1-3-8(9)11/h1-6,12H,22H2,(H,24,25)/t12-/m0/s1. The lowest BCUT2D eigenvalue weighted by molar-refractivity contribution is -0.141. The van der Waals surface area contributed by atoms with Crippen LogP contribution in [0.25, 0.3) is 10.9 Å². The number of hydrogen-bond donors (Lipinski definition) is 2. The Kier molecular flexibility index (Phi) is 3.37. The van der Waals surface area contributed by atoms with E-state index in [9.17, 15) is 18.4 Å². The van der Waals surface area contributed by atoms with Gasteiger partial charge in [0.1, 0.15) is 17.3 Å². The van der Waals surface area contributed by atoms with Crippen molar-refractivity contribution in [3.05, 3.63) is 64.8 Å². The fourth-order valence-electron chi connectivity index (χ4n) is 3.14. The lowest BCUT2D eigenvalue weighted by Crippen LogP contribution is -2.23. The maximum Gasteiger partial charge on any atom is 0.433 e. The van der Waals surface area contributed by atoms with Gasteiger partial charge in [-0.3, -0.25) is 10.1 Å². The van der Waals surface area contributed by atoms with Crippen LogP contribution < -0.4 is 10.5 Å². The molecule has 0 saturated heterocycles. The molecule has 4 rings (SSSR count). The second-order valence-corrected chi connectivity index (χ2v) is 5.66. The molecule has 1 aromatic carbocycles. The molecule has 1 aliphatic heterocycles. The molecule has 130 valence electrons. The van der Waals surface area contributed by atoms with E-state index in [0.29, 0.717) is 16.5 Å². The number of nitrogens with zero attached hydrogens (tertiary/aromatic N) is 3. The Labute approximate surface area is 144 Å². The molecule has 9 heteroatoms. The van der Waals surface area contributed by atoms with Crippen LogP contribution in [0.2, 0.25) is 0 Å². The van der Waals surface area contributed by atoms with Gasteiger partial charge in [0.05, 0.1) is 17.0 Å². The number of nitrogens with two attached hydrogens (primary N) is 1. The molecule has 0 saturated carbocycles. The number of pyridine rings is 1. The third-order valence-corrected chi connectivity index (χ3v) is 4.22. The van der Waals surface area contributed by atoms with Gasteiger partial charge in [0.15, 0.2) is 0 Å². The summed E-state index contributed by atoms with van der Waals surface area (Å²) >= 11 is 0. The van der Waals surface area contributed by atoms with E-state index in [1.54, 1.807) is 30.3 Å². The highest BCUT2D eigenvalue weighted by molar-refractivity contribution is 5.84. The van der Waals surface area contributed by atoms with Crippen LogP contribution in [0, 0.1) is 11.3 Å². The molecule has 0 radical (unpaired) electrons. The summed E-state index contributed by atoms with van der Waals surface area (Å²) < 4.78 is 45.6. The Morgan fingerprint density at radius 2 is 2.00 bits per heavy atom. The second-order valence-electron chi connectivity index (χ2n) is 5.66. The number of H-pyrrole nitrogens is 1. The summed E-state index contributed by atoms with van der Waals surface area (Å²) in [5.74, 6) is -1.64. The molecule has 0 aliphatic carbocycles. The van der Waals surface area contributed by atoms with Crippen molar-refractivity contribution in [2.75, 3.05) is 0 Å². The Hall–Kier alpha value is -3.54. The zero-order valence-corrected chi connectivity index (χ0v) is 13.0. The summed E-state index contributed by atoms with van der Waals surface area (Å²) in [6.07, 6.45) is -3.22. The van der Waals surface area contributed by atoms with E-state index in [4.69, 9.17) is 10.5 Å². The summed E-state index contributed by atoms with van der Waals surface area (Å²) in [7, 11) is 0. The summed E-state index contributed by atoms with van der Waals surface area (Å²) in [6.45, 7) is 0. The molecule has 0 fully saturated rings. The van der Waals surface area contributed by atoms with Gasteiger partial charge in [0, 0.05) is 11.6 Å². The van der Waals surface area contributed by atoms with Crippen LogP contribution in [0.3, 0.4) is 0 Å². The van der Waals surface area contributed by atoms with Crippen LogP contribution in [0.1, 0.15) is 22.7 Å². The molecule has 1 aliphatic rings. The number of nitrogens with one attached hydrogen (secondary N) is 1. The maximum atomic E-state index is 13.5. The molecule has 3 heterocycles. The van der Waals surface area contributed by atoms with E-state index in [1.807, 2.05) is 11.2 Å². The molecule has 0 bridgehead atoms. The molecular formula is C17H10F3N5O. The average molecular weight is 357 g/mol. The predicted molar refractivity (Wildman–Crippen MR) is 84.6 cm³/mol. The molecular weight excluding hydrogens is 347 g/mol. The molecule has 1 atom stereocenters. The third kappa shape index (κ3) is 2.27. The van der Waals surface area contributed by atoms with Gasteiger partial charge in [-0.25, -0.2) is 0 Å². The van der Waals surface area contributed by atoms with Crippen molar-refractivity contribution in [1.82, 2.24) is 15.2 Å². The van der Waals surface area contributed by atoms with Crippen LogP contribution in [0.5, 0.6) is 5.88 Å². The van der Waals surface area contributed by atoms with Crippen molar-refractivity contribution >= 4 is 10.9 Å². The first-order valence-electron chi connectivity index (χ1n) is 7.48. The number of ether oxygens (including phenoxy) is 1. The van der Waals surface area contributed by atoms with Crippen LogP contribution in [0.4, 0.5) is 13.2 Å². The highest BCUT2D eigenvalue weighted by Gasteiger charge is 2.44. The zero-order valence-electron chi connectivity index (χ0n) is 13.0. The lowest BCUT2D eigenvalue weighted by atomic mass is 9.82. The van der Waals surface area contributed by atoms with E-state index < -0.39 is 17.8 Å². The van der Waals surface area contributed by atoms with E-state index >= 15 is 0 Å². The van der Waals surface area contributed by atoms with Crippen LogP contribution in [-0.4, -0.2) is 15.2 Å². The highest BCUT2D eigenvalue weighted by Crippen LogP contribution is 2.47. The number of fused-ring (bicyclic) bond motifs is 2. The predicted octanol–water partition coefficient (Wildman–Crippen LogP) is 3.19.